The van der Waals surface area contributed by atoms with Crippen LogP contribution in [0.4, 0.5) is 0 Å². The highest BCUT2D eigenvalue weighted by Gasteiger charge is 2.27. The minimum atomic E-state index is -4.37. The molecule has 0 aromatic rings. The van der Waals surface area contributed by atoms with E-state index in [2.05, 4.69) is 38.2 Å². The van der Waals surface area contributed by atoms with E-state index in [0.717, 1.165) is 44.9 Å². The van der Waals surface area contributed by atoms with Crippen molar-refractivity contribution in [2.45, 2.75) is 161 Å². The number of esters is 2. The maximum Gasteiger partial charge on any atom is 0.472 e. The van der Waals surface area contributed by atoms with Crippen molar-refractivity contribution in [2.75, 3.05) is 47.5 Å². The van der Waals surface area contributed by atoms with Gasteiger partial charge in [-0.25, -0.2) is 4.57 Å². The molecule has 282 valence electrons. The normalized spacial score (nSPS) is 14.0. The maximum atomic E-state index is 12.5. The highest BCUT2D eigenvalue weighted by Crippen LogP contribution is 2.43. The summed E-state index contributed by atoms with van der Waals surface area (Å²) < 4.78 is 34.0. The maximum absolute atomic E-state index is 12.5. The summed E-state index contributed by atoms with van der Waals surface area (Å²) in [6, 6.07) is 0. The lowest BCUT2D eigenvalue weighted by Crippen LogP contribution is -2.37. The summed E-state index contributed by atoms with van der Waals surface area (Å²) in [5.41, 5.74) is 0. The number of rotatable bonds is 34. The van der Waals surface area contributed by atoms with Gasteiger partial charge in [0, 0.05) is 12.8 Å². The van der Waals surface area contributed by atoms with Crippen LogP contribution < -0.4 is 0 Å². The third-order valence-electron chi connectivity index (χ3n) is 7.98. The second-order valence-corrected chi connectivity index (χ2v) is 15.4. The number of ether oxygens (including phenoxy) is 2. The van der Waals surface area contributed by atoms with Crippen molar-refractivity contribution in [3.8, 4) is 0 Å². The van der Waals surface area contributed by atoms with Crippen LogP contribution in [-0.4, -0.2) is 74.9 Å². The van der Waals surface area contributed by atoms with Gasteiger partial charge >= 0.3 is 19.8 Å². The number of unbranched alkanes of at least 4 members (excludes halogenated alkanes) is 16. The third kappa shape index (κ3) is 34.4. The van der Waals surface area contributed by atoms with Crippen LogP contribution in [-0.2, 0) is 32.7 Å². The average molecular weight is 703 g/mol. The zero-order valence-electron chi connectivity index (χ0n) is 31.5. The fourth-order valence-corrected chi connectivity index (χ4v) is 5.67. The van der Waals surface area contributed by atoms with E-state index in [-0.39, 0.29) is 26.1 Å². The zero-order valence-corrected chi connectivity index (χ0v) is 32.4. The standard InChI is InChI=1S/C38H72NO8P/c1-6-8-10-12-14-16-17-18-19-20-21-23-24-26-28-30-37(40)44-34-36(35-46-48(42,43)45-33-32-39(3,4)5)47-38(41)31-29-27-25-22-15-13-11-9-7-2/h18-19,21,23,36H,6-17,20,22,24-35H2,1-5H3/p+1/b19-18+,23-21+/t36-/m0/s1. The predicted molar refractivity (Wildman–Crippen MR) is 197 cm³/mol. The molecule has 0 aromatic carbocycles. The fraction of sp³-hybridized carbons (Fsp3) is 0.842. The van der Waals surface area contributed by atoms with E-state index < -0.39 is 32.5 Å². The van der Waals surface area contributed by atoms with Crippen LogP contribution in [0.2, 0.25) is 0 Å². The van der Waals surface area contributed by atoms with Gasteiger partial charge in [-0.1, -0.05) is 122 Å². The number of phosphoric ester groups is 1. The fourth-order valence-electron chi connectivity index (χ4n) is 4.92. The highest BCUT2D eigenvalue weighted by molar-refractivity contribution is 7.47. The number of quaternary nitrogens is 1. The molecule has 0 saturated heterocycles. The molecule has 0 rings (SSSR count). The Morgan fingerprint density at radius 3 is 1.69 bits per heavy atom. The predicted octanol–water partition coefficient (Wildman–Crippen LogP) is 10.0. The molecule has 1 N–H and O–H groups in total. The van der Waals surface area contributed by atoms with Crippen molar-refractivity contribution < 1.29 is 42.1 Å². The van der Waals surface area contributed by atoms with Gasteiger partial charge in [-0.05, 0) is 44.9 Å². The van der Waals surface area contributed by atoms with Gasteiger partial charge in [-0.2, -0.15) is 0 Å². The SMILES string of the molecule is CCCCCCCC/C=C/C/C=C/CCCCC(=O)OC[C@@H](COP(=O)(O)OCC[N+](C)(C)C)OC(=O)CCCCCCCCCCC. The summed E-state index contributed by atoms with van der Waals surface area (Å²) >= 11 is 0. The van der Waals surface area contributed by atoms with E-state index in [0.29, 0.717) is 23.9 Å². The molecule has 0 bridgehead atoms. The number of phosphoric acid groups is 1. The molecule has 0 amide bonds. The number of carbonyl (C=O) groups excluding carboxylic acids is 2. The molecule has 0 aliphatic rings. The van der Waals surface area contributed by atoms with Crippen molar-refractivity contribution in [3.05, 3.63) is 24.3 Å². The van der Waals surface area contributed by atoms with Crippen LogP contribution >= 0.6 is 7.82 Å². The van der Waals surface area contributed by atoms with Crippen molar-refractivity contribution in [2.24, 2.45) is 0 Å². The number of hydrogen-bond donors (Lipinski definition) is 1. The Morgan fingerprint density at radius 1 is 0.646 bits per heavy atom. The molecule has 0 heterocycles. The van der Waals surface area contributed by atoms with Crippen LogP contribution in [0.3, 0.4) is 0 Å². The van der Waals surface area contributed by atoms with Gasteiger partial charge in [0.05, 0.1) is 27.7 Å². The Morgan fingerprint density at radius 2 is 1.12 bits per heavy atom. The molecule has 10 heteroatoms. The van der Waals surface area contributed by atoms with E-state index in [1.165, 1.54) is 70.6 Å². The summed E-state index contributed by atoms with van der Waals surface area (Å²) in [4.78, 5) is 35.1. The third-order valence-corrected chi connectivity index (χ3v) is 8.97. The van der Waals surface area contributed by atoms with Crippen molar-refractivity contribution >= 4 is 19.8 Å². The monoisotopic (exact) mass is 703 g/mol. The first-order valence-electron chi connectivity index (χ1n) is 19.1. The second-order valence-electron chi connectivity index (χ2n) is 14.0. The number of likely N-dealkylation sites (N-methyl/N-ethyl adjacent to an activating group) is 1. The molecule has 0 aliphatic heterocycles. The molecule has 0 fully saturated rings. The quantitative estimate of drug-likeness (QED) is 0.0232. The van der Waals surface area contributed by atoms with Gasteiger partial charge in [0.15, 0.2) is 6.10 Å². The minimum Gasteiger partial charge on any atom is -0.462 e. The first kappa shape index (κ1) is 46.5. The lowest BCUT2D eigenvalue weighted by molar-refractivity contribution is -0.870. The van der Waals surface area contributed by atoms with Crippen LogP contribution in [0.1, 0.15) is 155 Å². The summed E-state index contributed by atoms with van der Waals surface area (Å²) in [5.74, 6) is -0.840. The largest absolute Gasteiger partial charge is 0.472 e. The van der Waals surface area contributed by atoms with Gasteiger partial charge in [0.1, 0.15) is 19.8 Å². The Kier molecular flexibility index (Phi) is 30.5. The van der Waals surface area contributed by atoms with E-state index in [4.69, 9.17) is 18.5 Å². The molecule has 0 spiro atoms. The molecule has 0 aromatic heterocycles. The second kappa shape index (κ2) is 31.5. The van der Waals surface area contributed by atoms with Crippen molar-refractivity contribution in [1.29, 1.82) is 0 Å². The average Bonchev–Trinajstić information content (AvgIpc) is 3.02. The van der Waals surface area contributed by atoms with Crippen LogP contribution in [0.25, 0.3) is 0 Å². The molecule has 1 unspecified atom stereocenters. The lowest BCUT2D eigenvalue weighted by atomic mass is 10.1. The van der Waals surface area contributed by atoms with Gasteiger partial charge in [0.2, 0.25) is 0 Å². The summed E-state index contributed by atoms with van der Waals surface area (Å²) in [5, 5.41) is 0. The molecular formula is C38H73NO8P+. The van der Waals surface area contributed by atoms with Crippen LogP contribution in [0, 0.1) is 0 Å². The van der Waals surface area contributed by atoms with Gasteiger partial charge < -0.3 is 18.9 Å². The van der Waals surface area contributed by atoms with Gasteiger partial charge in [-0.15, -0.1) is 0 Å². The van der Waals surface area contributed by atoms with Gasteiger partial charge in [0.25, 0.3) is 0 Å². The van der Waals surface area contributed by atoms with E-state index in [1.54, 1.807) is 0 Å². The summed E-state index contributed by atoms with van der Waals surface area (Å²) in [6.45, 7) is 4.34. The Labute approximate surface area is 294 Å². The van der Waals surface area contributed by atoms with E-state index >= 15 is 0 Å². The molecule has 0 radical (unpaired) electrons. The summed E-state index contributed by atoms with van der Waals surface area (Å²) in [7, 11) is 1.46. The van der Waals surface area contributed by atoms with Crippen LogP contribution in [0.15, 0.2) is 24.3 Å². The molecule has 0 saturated carbocycles. The number of nitrogens with zero attached hydrogens (tertiary/aromatic N) is 1. The number of hydrogen-bond acceptors (Lipinski definition) is 7. The number of allylic oxidation sites excluding steroid dienone is 4. The van der Waals surface area contributed by atoms with Crippen molar-refractivity contribution in [1.82, 2.24) is 0 Å². The molecule has 2 atom stereocenters. The molecule has 48 heavy (non-hydrogen) atoms. The summed E-state index contributed by atoms with van der Waals surface area (Å²) in [6.07, 6.45) is 30.9. The van der Waals surface area contributed by atoms with E-state index in [1.807, 2.05) is 21.1 Å². The Bertz CT molecular complexity index is 886. The van der Waals surface area contributed by atoms with Crippen molar-refractivity contribution in [3.63, 3.8) is 0 Å². The topological polar surface area (TPSA) is 108 Å². The smallest absolute Gasteiger partial charge is 0.462 e. The zero-order chi connectivity index (χ0) is 35.8. The first-order chi connectivity index (χ1) is 23.0. The van der Waals surface area contributed by atoms with E-state index in [9.17, 15) is 19.0 Å². The molecular weight excluding hydrogens is 629 g/mol. The molecule has 9 nitrogen and oxygen atoms in total. The molecule has 0 aliphatic carbocycles. The van der Waals surface area contributed by atoms with Crippen LogP contribution in [0.5, 0.6) is 0 Å². The minimum absolute atomic E-state index is 0.0282. The first-order valence-corrected chi connectivity index (χ1v) is 20.6. The van der Waals surface area contributed by atoms with Gasteiger partial charge in [-0.3, -0.25) is 18.6 Å². The highest BCUT2D eigenvalue weighted by atomic mass is 31.2. The number of carbonyl (C=O) groups is 2. The Hall–Kier alpha value is -1.51. The Balaban J connectivity index is 4.46. The lowest BCUT2D eigenvalue weighted by Gasteiger charge is -2.24.